The van der Waals surface area contributed by atoms with Crippen LogP contribution in [0.25, 0.3) is 11.0 Å². The van der Waals surface area contributed by atoms with Gasteiger partial charge in [-0.1, -0.05) is 18.2 Å². The molecule has 2 N–H and O–H groups in total. The second-order valence-corrected chi connectivity index (χ2v) is 5.68. The summed E-state index contributed by atoms with van der Waals surface area (Å²) >= 11 is 1.29. The molecule has 0 spiro atoms. The van der Waals surface area contributed by atoms with Crippen molar-refractivity contribution in [2.24, 2.45) is 0 Å². The number of nitrogens with one attached hydrogen (secondary N) is 2. The first-order valence-electron chi connectivity index (χ1n) is 7.14. The first-order valence-corrected chi connectivity index (χ1v) is 7.96. The van der Waals surface area contributed by atoms with Crippen molar-refractivity contribution in [2.45, 2.75) is 4.90 Å². The van der Waals surface area contributed by atoms with Gasteiger partial charge in [0.25, 0.3) is 0 Å². The number of rotatable bonds is 6. The highest BCUT2D eigenvalue weighted by Crippen LogP contribution is 2.34. The number of carbonyl (C=O) groups excluding carboxylic acids is 1. The summed E-state index contributed by atoms with van der Waals surface area (Å²) in [6.45, 7) is 0. The Kier molecular flexibility index (Phi) is 4.93. The maximum atomic E-state index is 12.3. The van der Waals surface area contributed by atoms with E-state index in [0.717, 1.165) is 4.90 Å². The highest BCUT2D eigenvalue weighted by Gasteiger charge is 2.21. The Morgan fingerprint density at radius 2 is 1.88 bits per heavy atom. The van der Waals surface area contributed by atoms with Crippen molar-refractivity contribution in [2.75, 3.05) is 14.2 Å². The third-order valence-corrected chi connectivity index (χ3v) is 4.05. The van der Waals surface area contributed by atoms with Gasteiger partial charge in [0.2, 0.25) is 5.76 Å². The van der Waals surface area contributed by atoms with Crippen molar-refractivity contribution in [3.8, 4) is 11.5 Å². The molecule has 0 atom stereocenters. The van der Waals surface area contributed by atoms with Crippen molar-refractivity contribution in [3.05, 3.63) is 54.3 Å². The number of amides is 1. The molecule has 6 nitrogen and oxygen atoms in total. The maximum absolute atomic E-state index is 12.3. The summed E-state index contributed by atoms with van der Waals surface area (Å²) in [5.74, 6) is 0.702. The second-order valence-electron chi connectivity index (χ2n) is 4.80. The Labute approximate surface area is 143 Å². The van der Waals surface area contributed by atoms with Crippen LogP contribution < -0.4 is 19.7 Å². The number of hydrazine groups is 1. The van der Waals surface area contributed by atoms with E-state index < -0.39 is 5.91 Å². The van der Waals surface area contributed by atoms with Crippen molar-refractivity contribution in [3.63, 3.8) is 0 Å². The number of benzene rings is 2. The van der Waals surface area contributed by atoms with Crippen LogP contribution >= 0.6 is 11.9 Å². The normalized spacial score (nSPS) is 10.6. The fraction of sp³-hybridized carbons (Fsp3) is 0.118. The summed E-state index contributed by atoms with van der Waals surface area (Å²) in [7, 11) is 3.07. The SMILES string of the molecule is COc1ccc2c(OC)c(C(=O)NNSc3ccccc3)oc2c1. The molecular weight excluding hydrogens is 328 g/mol. The molecule has 124 valence electrons. The summed E-state index contributed by atoms with van der Waals surface area (Å²) in [4.78, 5) is 16.1. The molecule has 0 fully saturated rings. The van der Waals surface area contributed by atoms with E-state index in [0.29, 0.717) is 22.5 Å². The van der Waals surface area contributed by atoms with E-state index >= 15 is 0 Å². The smallest absolute Gasteiger partial charge is 0.305 e. The molecule has 2 aromatic carbocycles. The van der Waals surface area contributed by atoms with Crippen molar-refractivity contribution in [1.29, 1.82) is 0 Å². The minimum absolute atomic E-state index is 0.0990. The number of hydrogen-bond acceptors (Lipinski definition) is 6. The van der Waals surface area contributed by atoms with Gasteiger partial charge >= 0.3 is 5.91 Å². The molecular formula is C17H16N2O4S. The topological polar surface area (TPSA) is 72.7 Å². The van der Waals surface area contributed by atoms with Crippen molar-refractivity contribution < 1.29 is 18.7 Å². The minimum atomic E-state index is -0.426. The van der Waals surface area contributed by atoms with E-state index in [2.05, 4.69) is 10.3 Å². The zero-order valence-electron chi connectivity index (χ0n) is 13.2. The Balaban J connectivity index is 1.76. The van der Waals surface area contributed by atoms with Crippen LogP contribution in [0.4, 0.5) is 0 Å². The van der Waals surface area contributed by atoms with Crippen LogP contribution in [0.2, 0.25) is 0 Å². The van der Waals surface area contributed by atoms with Crippen LogP contribution in [0.5, 0.6) is 11.5 Å². The number of fused-ring (bicyclic) bond motifs is 1. The summed E-state index contributed by atoms with van der Waals surface area (Å²) in [6.07, 6.45) is 0. The monoisotopic (exact) mass is 344 g/mol. The summed E-state index contributed by atoms with van der Waals surface area (Å²) in [5, 5.41) is 0.708. The average Bonchev–Trinajstić information content (AvgIpc) is 3.00. The molecule has 0 aliphatic heterocycles. The first kappa shape index (κ1) is 16.2. The van der Waals surface area contributed by atoms with Gasteiger partial charge in [-0.05, 0) is 36.2 Å². The maximum Gasteiger partial charge on any atom is 0.305 e. The number of carbonyl (C=O) groups is 1. The predicted molar refractivity (Wildman–Crippen MR) is 92.2 cm³/mol. The highest BCUT2D eigenvalue weighted by atomic mass is 32.2. The summed E-state index contributed by atoms with van der Waals surface area (Å²) in [6, 6.07) is 14.9. The van der Waals surface area contributed by atoms with Crippen LogP contribution in [-0.2, 0) is 0 Å². The van der Waals surface area contributed by atoms with Crippen molar-refractivity contribution in [1.82, 2.24) is 10.3 Å². The van der Waals surface area contributed by atoms with E-state index in [1.54, 1.807) is 25.3 Å². The van der Waals surface area contributed by atoms with Gasteiger partial charge in [-0.3, -0.25) is 10.2 Å². The molecule has 3 aromatic rings. The number of hydrogen-bond donors (Lipinski definition) is 2. The Morgan fingerprint density at radius 3 is 2.58 bits per heavy atom. The van der Waals surface area contributed by atoms with Gasteiger partial charge in [-0.15, -0.1) is 0 Å². The molecule has 0 unspecified atom stereocenters. The molecule has 7 heteroatoms. The molecule has 1 amide bonds. The standard InChI is InChI=1S/C17H16N2O4S/c1-21-11-8-9-13-14(10-11)23-16(15(13)22-2)17(20)18-19-24-12-6-4-3-5-7-12/h3-10,19H,1-2H3,(H,18,20). The van der Waals surface area contributed by atoms with Gasteiger partial charge in [-0.2, -0.15) is 4.83 Å². The summed E-state index contributed by atoms with van der Waals surface area (Å²) in [5.41, 5.74) is 3.10. The minimum Gasteiger partial charge on any atom is -0.497 e. The van der Waals surface area contributed by atoms with Gasteiger partial charge in [0.05, 0.1) is 19.6 Å². The number of methoxy groups -OCH3 is 2. The van der Waals surface area contributed by atoms with E-state index in [4.69, 9.17) is 13.9 Å². The van der Waals surface area contributed by atoms with Crippen LogP contribution in [-0.4, -0.2) is 20.1 Å². The molecule has 24 heavy (non-hydrogen) atoms. The average molecular weight is 344 g/mol. The van der Waals surface area contributed by atoms with Crippen LogP contribution in [0.1, 0.15) is 10.6 Å². The fourth-order valence-electron chi connectivity index (χ4n) is 2.21. The largest absolute Gasteiger partial charge is 0.497 e. The number of ether oxygens (including phenoxy) is 2. The quantitative estimate of drug-likeness (QED) is 0.527. The van der Waals surface area contributed by atoms with Crippen molar-refractivity contribution >= 4 is 28.8 Å². The van der Waals surface area contributed by atoms with E-state index in [9.17, 15) is 4.79 Å². The van der Waals surface area contributed by atoms with E-state index in [1.807, 2.05) is 30.3 Å². The van der Waals surface area contributed by atoms with Gasteiger partial charge in [-0.25, -0.2) is 0 Å². The van der Waals surface area contributed by atoms with Gasteiger partial charge in [0, 0.05) is 11.0 Å². The fourth-order valence-corrected chi connectivity index (χ4v) is 2.76. The molecule has 0 aliphatic carbocycles. The zero-order chi connectivity index (χ0) is 16.9. The lowest BCUT2D eigenvalue weighted by molar-refractivity contribution is 0.0917. The van der Waals surface area contributed by atoms with E-state index in [-0.39, 0.29) is 5.76 Å². The highest BCUT2D eigenvalue weighted by molar-refractivity contribution is 7.97. The van der Waals surface area contributed by atoms with Gasteiger partial charge in [0.15, 0.2) is 5.75 Å². The lowest BCUT2D eigenvalue weighted by Gasteiger charge is -2.05. The molecule has 0 saturated carbocycles. The lowest BCUT2D eigenvalue weighted by atomic mass is 10.2. The summed E-state index contributed by atoms with van der Waals surface area (Å²) < 4.78 is 16.1. The first-order chi connectivity index (χ1) is 11.7. The van der Waals surface area contributed by atoms with Gasteiger partial charge < -0.3 is 13.9 Å². The van der Waals surface area contributed by atoms with Gasteiger partial charge in [0.1, 0.15) is 11.3 Å². The predicted octanol–water partition coefficient (Wildman–Crippen LogP) is 3.39. The number of furan rings is 1. The van der Waals surface area contributed by atoms with Crippen LogP contribution in [0.15, 0.2) is 57.8 Å². The molecule has 0 saturated heterocycles. The molecule has 3 rings (SSSR count). The molecule has 0 aliphatic rings. The Morgan fingerprint density at radius 1 is 1.08 bits per heavy atom. The molecule has 1 heterocycles. The Hall–Kier alpha value is -2.64. The van der Waals surface area contributed by atoms with Crippen LogP contribution in [0, 0.1) is 0 Å². The Bertz CT molecular complexity index is 848. The molecule has 1 aromatic heterocycles. The third-order valence-electron chi connectivity index (χ3n) is 3.34. The van der Waals surface area contributed by atoms with E-state index in [1.165, 1.54) is 19.1 Å². The lowest BCUT2D eigenvalue weighted by Crippen LogP contribution is -2.32. The zero-order valence-corrected chi connectivity index (χ0v) is 14.0. The third kappa shape index (κ3) is 3.32. The van der Waals surface area contributed by atoms with Crippen LogP contribution in [0.3, 0.4) is 0 Å². The molecule has 0 bridgehead atoms. The molecule has 0 radical (unpaired) electrons. The second kappa shape index (κ2) is 7.29.